The molecule has 1 N–H and O–H groups in total. The van der Waals surface area contributed by atoms with Crippen molar-refractivity contribution in [1.82, 2.24) is 10.3 Å². The van der Waals surface area contributed by atoms with E-state index < -0.39 is 12.7 Å². The number of aryl methyl sites for hydroxylation is 1. The molecule has 0 aliphatic rings. The standard InChI is InChI=1S/C12H18F3N3/c1-4-18(8-12(13,14)15)11-6-10(7-16-3)5-9(2)17-11/h5-6,16H,4,7-8H2,1-3H3. The first kappa shape index (κ1) is 14.8. The van der Waals surface area contributed by atoms with Crippen molar-refractivity contribution in [2.45, 2.75) is 26.6 Å². The van der Waals surface area contributed by atoms with Gasteiger partial charge in [-0.25, -0.2) is 4.98 Å². The zero-order valence-corrected chi connectivity index (χ0v) is 10.8. The summed E-state index contributed by atoms with van der Waals surface area (Å²) in [5, 5.41) is 2.98. The molecular formula is C12H18F3N3. The fourth-order valence-corrected chi connectivity index (χ4v) is 1.76. The summed E-state index contributed by atoms with van der Waals surface area (Å²) in [4.78, 5) is 5.40. The third kappa shape index (κ3) is 4.52. The maximum atomic E-state index is 12.4. The van der Waals surface area contributed by atoms with Crippen molar-refractivity contribution in [3.05, 3.63) is 23.4 Å². The second-order valence-corrected chi connectivity index (χ2v) is 4.13. The van der Waals surface area contributed by atoms with Gasteiger partial charge in [0, 0.05) is 18.8 Å². The largest absolute Gasteiger partial charge is 0.405 e. The van der Waals surface area contributed by atoms with E-state index in [1.165, 1.54) is 4.90 Å². The zero-order chi connectivity index (χ0) is 13.8. The van der Waals surface area contributed by atoms with Crippen LogP contribution in [0.4, 0.5) is 19.0 Å². The summed E-state index contributed by atoms with van der Waals surface area (Å²) in [6.07, 6.45) is -4.22. The van der Waals surface area contributed by atoms with E-state index in [0.29, 0.717) is 12.4 Å². The number of nitrogens with zero attached hydrogens (tertiary/aromatic N) is 2. The van der Waals surface area contributed by atoms with Crippen molar-refractivity contribution in [3.63, 3.8) is 0 Å². The number of halogens is 3. The summed E-state index contributed by atoms with van der Waals surface area (Å²) in [5.74, 6) is 0.375. The number of aromatic nitrogens is 1. The van der Waals surface area contributed by atoms with Crippen LogP contribution in [0.1, 0.15) is 18.2 Å². The summed E-state index contributed by atoms with van der Waals surface area (Å²) in [5.41, 5.74) is 1.65. The van der Waals surface area contributed by atoms with Crippen LogP contribution in [0.2, 0.25) is 0 Å². The molecule has 1 aromatic rings. The molecule has 3 nitrogen and oxygen atoms in total. The number of rotatable bonds is 5. The zero-order valence-electron chi connectivity index (χ0n) is 10.8. The summed E-state index contributed by atoms with van der Waals surface area (Å²) in [7, 11) is 1.79. The van der Waals surface area contributed by atoms with Crippen LogP contribution in [-0.2, 0) is 6.54 Å². The van der Waals surface area contributed by atoms with Crippen molar-refractivity contribution in [2.75, 3.05) is 25.0 Å². The molecule has 0 amide bonds. The average Bonchev–Trinajstić information content (AvgIpc) is 2.24. The molecule has 102 valence electrons. The lowest BCUT2D eigenvalue weighted by Crippen LogP contribution is -2.34. The van der Waals surface area contributed by atoms with E-state index in [1.807, 2.05) is 6.07 Å². The van der Waals surface area contributed by atoms with Gasteiger partial charge in [-0.3, -0.25) is 0 Å². The quantitative estimate of drug-likeness (QED) is 0.882. The molecule has 0 spiro atoms. The van der Waals surface area contributed by atoms with Gasteiger partial charge < -0.3 is 10.2 Å². The van der Waals surface area contributed by atoms with Crippen LogP contribution in [0.5, 0.6) is 0 Å². The number of anilines is 1. The van der Waals surface area contributed by atoms with Crippen LogP contribution in [0.3, 0.4) is 0 Å². The van der Waals surface area contributed by atoms with E-state index in [-0.39, 0.29) is 6.54 Å². The van der Waals surface area contributed by atoms with Gasteiger partial charge in [0.2, 0.25) is 0 Å². The minimum atomic E-state index is -4.22. The highest BCUT2D eigenvalue weighted by molar-refractivity contribution is 5.42. The average molecular weight is 261 g/mol. The Morgan fingerprint density at radius 2 is 2.00 bits per heavy atom. The third-order valence-corrected chi connectivity index (χ3v) is 2.46. The van der Waals surface area contributed by atoms with Crippen LogP contribution in [0.15, 0.2) is 12.1 Å². The van der Waals surface area contributed by atoms with Crippen LogP contribution in [-0.4, -0.2) is 31.3 Å². The second kappa shape index (κ2) is 6.04. The maximum absolute atomic E-state index is 12.4. The number of nitrogens with one attached hydrogen (secondary N) is 1. The van der Waals surface area contributed by atoms with E-state index in [9.17, 15) is 13.2 Å². The Morgan fingerprint density at radius 1 is 1.33 bits per heavy atom. The summed E-state index contributed by atoms with van der Waals surface area (Å²) in [6.45, 7) is 3.38. The summed E-state index contributed by atoms with van der Waals surface area (Å²) >= 11 is 0. The van der Waals surface area contributed by atoms with E-state index >= 15 is 0 Å². The first-order chi connectivity index (χ1) is 8.35. The molecule has 0 aliphatic carbocycles. The van der Waals surface area contributed by atoms with Crippen molar-refractivity contribution in [3.8, 4) is 0 Å². The van der Waals surface area contributed by atoms with Gasteiger partial charge in [-0.05, 0) is 38.6 Å². The molecule has 0 bridgehead atoms. The van der Waals surface area contributed by atoms with Gasteiger partial charge in [-0.2, -0.15) is 13.2 Å². The van der Waals surface area contributed by atoms with Gasteiger partial charge in [0.05, 0.1) is 0 Å². The molecule has 18 heavy (non-hydrogen) atoms. The number of alkyl halides is 3. The first-order valence-electron chi connectivity index (χ1n) is 5.79. The summed E-state index contributed by atoms with van der Waals surface area (Å²) < 4.78 is 37.3. The monoisotopic (exact) mass is 261 g/mol. The molecule has 0 fully saturated rings. The van der Waals surface area contributed by atoms with Gasteiger partial charge in [0.25, 0.3) is 0 Å². The lowest BCUT2D eigenvalue weighted by molar-refractivity contribution is -0.119. The van der Waals surface area contributed by atoms with Gasteiger partial charge in [0.1, 0.15) is 12.4 Å². The highest BCUT2D eigenvalue weighted by Gasteiger charge is 2.30. The molecule has 1 aromatic heterocycles. The van der Waals surface area contributed by atoms with Crippen LogP contribution < -0.4 is 10.2 Å². The molecule has 0 unspecified atom stereocenters. The molecule has 0 aliphatic heterocycles. The predicted octanol–water partition coefficient (Wildman–Crippen LogP) is 2.50. The topological polar surface area (TPSA) is 28.2 Å². The number of pyridine rings is 1. The summed E-state index contributed by atoms with van der Waals surface area (Å²) in [6, 6.07) is 3.56. The lowest BCUT2D eigenvalue weighted by Gasteiger charge is -2.24. The molecule has 1 rings (SSSR count). The van der Waals surface area contributed by atoms with E-state index in [4.69, 9.17) is 0 Å². The van der Waals surface area contributed by atoms with Crippen molar-refractivity contribution < 1.29 is 13.2 Å². The highest BCUT2D eigenvalue weighted by Crippen LogP contribution is 2.21. The molecule has 1 heterocycles. The second-order valence-electron chi connectivity index (χ2n) is 4.13. The smallest absolute Gasteiger partial charge is 0.348 e. The predicted molar refractivity (Wildman–Crippen MR) is 65.7 cm³/mol. The minimum Gasteiger partial charge on any atom is -0.348 e. The SMILES string of the molecule is CCN(CC(F)(F)F)c1cc(CNC)cc(C)n1. The maximum Gasteiger partial charge on any atom is 0.405 e. The van der Waals surface area contributed by atoms with E-state index in [2.05, 4.69) is 10.3 Å². The van der Waals surface area contributed by atoms with Crippen molar-refractivity contribution in [2.24, 2.45) is 0 Å². The third-order valence-electron chi connectivity index (χ3n) is 2.46. The van der Waals surface area contributed by atoms with Gasteiger partial charge in [0.15, 0.2) is 0 Å². The van der Waals surface area contributed by atoms with E-state index in [0.717, 1.165) is 11.3 Å². The lowest BCUT2D eigenvalue weighted by atomic mass is 10.2. The first-order valence-corrected chi connectivity index (χ1v) is 5.79. The number of hydrogen-bond acceptors (Lipinski definition) is 3. The molecule has 0 saturated carbocycles. The molecular weight excluding hydrogens is 243 g/mol. The molecule has 0 atom stereocenters. The fourth-order valence-electron chi connectivity index (χ4n) is 1.76. The Labute approximate surface area is 105 Å². The number of hydrogen-bond donors (Lipinski definition) is 1. The van der Waals surface area contributed by atoms with Crippen LogP contribution >= 0.6 is 0 Å². The molecule has 0 aromatic carbocycles. The fraction of sp³-hybridized carbons (Fsp3) is 0.583. The molecule has 6 heteroatoms. The van der Waals surface area contributed by atoms with Crippen LogP contribution in [0, 0.1) is 6.92 Å². The minimum absolute atomic E-state index is 0.273. The Hall–Kier alpha value is -1.30. The molecule has 0 saturated heterocycles. The van der Waals surface area contributed by atoms with Gasteiger partial charge >= 0.3 is 6.18 Å². The van der Waals surface area contributed by atoms with Gasteiger partial charge in [-0.15, -0.1) is 0 Å². The Balaban J connectivity index is 2.98. The van der Waals surface area contributed by atoms with Crippen molar-refractivity contribution >= 4 is 5.82 Å². The highest BCUT2D eigenvalue weighted by atomic mass is 19.4. The van der Waals surface area contributed by atoms with E-state index in [1.54, 1.807) is 27.0 Å². The normalized spacial score (nSPS) is 11.7. The Morgan fingerprint density at radius 3 is 2.50 bits per heavy atom. The Bertz CT molecular complexity index is 391. The van der Waals surface area contributed by atoms with Gasteiger partial charge in [-0.1, -0.05) is 0 Å². The Kier molecular flexibility index (Phi) is 4.95. The van der Waals surface area contributed by atoms with Crippen LogP contribution in [0.25, 0.3) is 0 Å². The molecule has 0 radical (unpaired) electrons. The van der Waals surface area contributed by atoms with Crippen molar-refractivity contribution in [1.29, 1.82) is 0 Å².